The highest BCUT2D eigenvalue weighted by Crippen LogP contribution is 2.42. The van der Waals surface area contributed by atoms with Gasteiger partial charge in [0.2, 0.25) is 0 Å². The maximum absolute atomic E-state index is 6.17. The zero-order chi connectivity index (χ0) is 26.9. The summed E-state index contributed by atoms with van der Waals surface area (Å²) in [5, 5.41) is 5.74. The smallest absolute Gasteiger partial charge is 0.135 e. The van der Waals surface area contributed by atoms with Gasteiger partial charge in [-0.15, -0.1) is 11.3 Å². The van der Waals surface area contributed by atoms with Gasteiger partial charge < -0.3 is 8.98 Å². The van der Waals surface area contributed by atoms with E-state index in [-0.39, 0.29) is 0 Å². The van der Waals surface area contributed by atoms with E-state index >= 15 is 0 Å². The Kier molecular flexibility index (Phi) is 4.77. The molecule has 0 aliphatic heterocycles. The van der Waals surface area contributed by atoms with Crippen molar-refractivity contribution < 1.29 is 4.42 Å². The highest BCUT2D eigenvalue weighted by atomic mass is 32.1. The Bertz CT molecular complexity index is 2380. The third-order valence-electron chi connectivity index (χ3n) is 8.03. The molecule has 0 atom stereocenters. The van der Waals surface area contributed by atoms with E-state index in [0.29, 0.717) is 0 Å². The van der Waals surface area contributed by atoms with Gasteiger partial charge in [-0.25, -0.2) is 4.98 Å². The van der Waals surface area contributed by atoms with E-state index in [9.17, 15) is 0 Å². The monoisotopic (exact) mass is 542 g/mol. The van der Waals surface area contributed by atoms with E-state index in [4.69, 9.17) is 9.40 Å². The molecule has 0 fully saturated rings. The molecule has 9 aromatic rings. The molecule has 0 amide bonds. The zero-order valence-electron chi connectivity index (χ0n) is 21.9. The molecule has 3 nitrogen and oxygen atoms in total. The molecule has 9 rings (SSSR count). The lowest BCUT2D eigenvalue weighted by molar-refractivity contribution is 0.669. The summed E-state index contributed by atoms with van der Waals surface area (Å²) in [4.78, 5) is 5.08. The van der Waals surface area contributed by atoms with Crippen molar-refractivity contribution in [3.05, 3.63) is 133 Å². The number of rotatable bonds is 3. The number of nitrogens with zero attached hydrogens (tertiary/aromatic N) is 2. The number of hydrogen-bond donors (Lipinski definition) is 0. The molecule has 0 bridgehead atoms. The van der Waals surface area contributed by atoms with Gasteiger partial charge in [0.25, 0.3) is 0 Å². The van der Waals surface area contributed by atoms with Gasteiger partial charge in [-0.2, -0.15) is 0 Å². The standard InChI is InChI=1S/C37H22N2OS/c1-3-9-23(10-4-1)25-15-19-32-29(21-25)28-17-18-31-36(41-37(38-31)24-11-5-2-6-12-24)35(28)39(32)26-16-20-34-30(22-26)27-13-7-8-14-33(27)40-34/h1-22H. The van der Waals surface area contributed by atoms with Crippen LogP contribution in [0.4, 0.5) is 0 Å². The number of hydrogen-bond acceptors (Lipinski definition) is 3. The van der Waals surface area contributed by atoms with Gasteiger partial charge in [0.1, 0.15) is 16.2 Å². The normalized spacial score (nSPS) is 11.9. The Morgan fingerprint density at radius 2 is 1.29 bits per heavy atom. The topological polar surface area (TPSA) is 31.0 Å². The largest absolute Gasteiger partial charge is 0.456 e. The van der Waals surface area contributed by atoms with Gasteiger partial charge in [-0.1, -0.05) is 84.9 Å². The van der Waals surface area contributed by atoms with Gasteiger partial charge in [-0.3, -0.25) is 0 Å². The molecule has 0 radical (unpaired) electrons. The molecular formula is C37H22N2OS. The maximum atomic E-state index is 6.17. The van der Waals surface area contributed by atoms with Crippen molar-refractivity contribution >= 4 is 65.3 Å². The fraction of sp³-hybridized carbons (Fsp3) is 0. The number of benzene rings is 6. The van der Waals surface area contributed by atoms with Crippen molar-refractivity contribution in [1.29, 1.82) is 0 Å². The third-order valence-corrected chi connectivity index (χ3v) is 9.16. The van der Waals surface area contributed by atoms with Gasteiger partial charge in [0, 0.05) is 32.8 Å². The van der Waals surface area contributed by atoms with Crippen LogP contribution in [0.1, 0.15) is 0 Å². The van der Waals surface area contributed by atoms with Crippen LogP contribution in [0.5, 0.6) is 0 Å². The summed E-state index contributed by atoms with van der Waals surface area (Å²) in [7, 11) is 0. The molecule has 4 heteroatoms. The van der Waals surface area contributed by atoms with E-state index in [1.54, 1.807) is 11.3 Å². The zero-order valence-corrected chi connectivity index (χ0v) is 22.7. The minimum Gasteiger partial charge on any atom is -0.456 e. The van der Waals surface area contributed by atoms with Crippen molar-refractivity contribution in [2.24, 2.45) is 0 Å². The molecule has 0 N–H and O–H groups in total. The van der Waals surface area contributed by atoms with E-state index < -0.39 is 0 Å². The lowest BCUT2D eigenvalue weighted by Crippen LogP contribution is -1.93. The van der Waals surface area contributed by atoms with Crippen LogP contribution in [0.25, 0.3) is 81.3 Å². The summed E-state index contributed by atoms with van der Waals surface area (Å²) in [6.07, 6.45) is 0. The first-order valence-corrected chi connectivity index (χ1v) is 14.5. The second kappa shape index (κ2) is 8.65. The summed E-state index contributed by atoms with van der Waals surface area (Å²) in [6, 6.07) is 47.1. The first kappa shape index (κ1) is 22.6. The summed E-state index contributed by atoms with van der Waals surface area (Å²) in [5.74, 6) is 0. The molecule has 0 aliphatic carbocycles. The molecular weight excluding hydrogens is 520 g/mol. The van der Waals surface area contributed by atoms with Gasteiger partial charge in [0.15, 0.2) is 0 Å². The molecule has 0 saturated carbocycles. The number of fused-ring (bicyclic) bond motifs is 8. The van der Waals surface area contributed by atoms with E-state index in [1.165, 1.54) is 37.6 Å². The van der Waals surface area contributed by atoms with Crippen molar-refractivity contribution in [3.63, 3.8) is 0 Å². The summed E-state index contributed by atoms with van der Waals surface area (Å²) in [5.41, 5.74) is 9.87. The highest BCUT2D eigenvalue weighted by Gasteiger charge is 2.19. The number of aromatic nitrogens is 2. The quantitative estimate of drug-likeness (QED) is 0.222. The van der Waals surface area contributed by atoms with E-state index in [2.05, 4.69) is 120 Å². The molecule has 0 saturated heterocycles. The minimum atomic E-state index is 0.899. The Hall–Kier alpha value is -5.19. The molecule has 6 aromatic carbocycles. The lowest BCUT2D eigenvalue weighted by atomic mass is 10.0. The first-order valence-electron chi connectivity index (χ1n) is 13.7. The molecule has 0 unspecified atom stereocenters. The third kappa shape index (κ3) is 3.41. The van der Waals surface area contributed by atoms with Crippen LogP contribution in [0, 0.1) is 0 Å². The average molecular weight is 543 g/mol. The van der Waals surface area contributed by atoms with Crippen molar-refractivity contribution in [1.82, 2.24) is 9.55 Å². The predicted molar refractivity (Wildman–Crippen MR) is 172 cm³/mol. The van der Waals surface area contributed by atoms with Crippen LogP contribution in [0.3, 0.4) is 0 Å². The fourth-order valence-electron chi connectivity index (χ4n) is 6.12. The van der Waals surface area contributed by atoms with Crippen LogP contribution < -0.4 is 0 Å². The van der Waals surface area contributed by atoms with Crippen LogP contribution in [0.2, 0.25) is 0 Å². The second-order valence-electron chi connectivity index (χ2n) is 10.4. The Morgan fingerprint density at radius 3 is 2.15 bits per heavy atom. The molecule has 41 heavy (non-hydrogen) atoms. The van der Waals surface area contributed by atoms with Crippen molar-refractivity contribution in [3.8, 4) is 27.4 Å². The number of furan rings is 1. The van der Waals surface area contributed by atoms with Crippen LogP contribution in [0.15, 0.2) is 138 Å². The van der Waals surface area contributed by atoms with Gasteiger partial charge in [0.05, 0.1) is 21.3 Å². The Labute approximate surface area is 239 Å². The SMILES string of the molecule is c1ccc(-c2ccc3c(c2)c2ccc4nc(-c5ccccc5)sc4c2n3-c2ccc3oc4ccccc4c3c2)cc1. The molecule has 192 valence electrons. The van der Waals surface area contributed by atoms with Crippen LogP contribution >= 0.6 is 11.3 Å². The van der Waals surface area contributed by atoms with Gasteiger partial charge in [-0.05, 0) is 59.7 Å². The number of thiazole rings is 1. The summed E-state index contributed by atoms with van der Waals surface area (Å²) in [6.45, 7) is 0. The highest BCUT2D eigenvalue weighted by molar-refractivity contribution is 7.22. The van der Waals surface area contributed by atoms with Crippen LogP contribution in [-0.4, -0.2) is 9.55 Å². The Balaban J connectivity index is 1.39. The van der Waals surface area contributed by atoms with Crippen molar-refractivity contribution in [2.45, 2.75) is 0 Å². The average Bonchev–Trinajstić information content (AvgIpc) is 3.73. The van der Waals surface area contributed by atoms with Gasteiger partial charge >= 0.3 is 0 Å². The summed E-state index contributed by atoms with van der Waals surface area (Å²) >= 11 is 1.76. The summed E-state index contributed by atoms with van der Waals surface area (Å²) < 4.78 is 9.77. The first-order chi connectivity index (χ1) is 20.3. The maximum Gasteiger partial charge on any atom is 0.135 e. The van der Waals surface area contributed by atoms with Crippen LogP contribution in [-0.2, 0) is 0 Å². The van der Waals surface area contributed by atoms with Crippen molar-refractivity contribution in [2.75, 3.05) is 0 Å². The molecule has 3 heterocycles. The van der Waals surface area contributed by atoms with E-state index in [1.807, 2.05) is 18.2 Å². The minimum absolute atomic E-state index is 0.899. The number of para-hydroxylation sites is 1. The second-order valence-corrected chi connectivity index (χ2v) is 11.4. The molecule has 0 spiro atoms. The predicted octanol–water partition coefficient (Wildman–Crippen LogP) is 10.6. The molecule has 0 aliphatic rings. The Morgan fingerprint density at radius 1 is 0.537 bits per heavy atom. The van der Waals surface area contributed by atoms with E-state index in [0.717, 1.165) is 43.7 Å². The lowest BCUT2D eigenvalue weighted by Gasteiger charge is -2.09. The fourth-order valence-corrected chi connectivity index (χ4v) is 7.23. The molecule has 3 aromatic heterocycles.